The van der Waals surface area contributed by atoms with Crippen molar-refractivity contribution in [1.29, 1.82) is 0 Å². The summed E-state index contributed by atoms with van der Waals surface area (Å²) in [5, 5.41) is 4.05. The molecule has 96 valence electrons. The number of aromatic nitrogens is 3. The molecule has 18 heavy (non-hydrogen) atoms. The van der Waals surface area contributed by atoms with Crippen molar-refractivity contribution in [3.05, 3.63) is 30.4 Å². The van der Waals surface area contributed by atoms with Crippen LogP contribution >= 0.6 is 0 Å². The Bertz CT molecular complexity index is 461. The van der Waals surface area contributed by atoms with Crippen LogP contribution in [0.25, 0.3) is 11.4 Å². The molecule has 0 radical (unpaired) electrons. The number of hydrogen-bond acceptors (Lipinski definition) is 4. The number of hydrogen-bond donors (Lipinski definition) is 0. The fourth-order valence-corrected chi connectivity index (χ4v) is 2.10. The SMILES string of the molecule is CCCC(CCC)c1nc(-c2cccnc2)no1. The van der Waals surface area contributed by atoms with Gasteiger partial charge in [0.2, 0.25) is 11.7 Å². The number of nitrogens with zero attached hydrogens (tertiary/aromatic N) is 3. The van der Waals surface area contributed by atoms with E-state index in [1.807, 2.05) is 12.1 Å². The molecule has 0 unspecified atom stereocenters. The Labute approximate surface area is 107 Å². The minimum Gasteiger partial charge on any atom is -0.339 e. The van der Waals surface area contributed by atoms with Crippen molar-refractivity contribution in [1.82, 2.24) is 15.1 Å². The first-order valence-electron chi connectivity index (χ1n) is 6.59. The van der Waals surface area contributed by atoms with E-state index in [1.165, 1.54) is 0 Å². The highest BCUT2D eigenvalue weighted by molar-refractivity contribution is 5.51. The van der Waals surface area contributed by atoms with Crippen LogP contribution in [0.1, 0.15) is 51.3 Å². The first kappa shape index (κ1) is 12.7. The molecule has 0 amide bonds. The van der Waals surface area contributed by atoms with Gasteiger partial charge in [0.15, 0.2) is 0 Å². The summed E-state index contributed by atoms with van der Waals surface area (Å²) >= 11 is 0. The van der Waals surface area contributed by atoms with E-state index in [4.69, 9.17) is 4.52 Å². The fourth-order valence-electron chi connectivity index (χ4n) is 2.10. The molecule has 2 rings (SSSR count). The first-order valence-corrected chi connectivity index (χ1v) is 6.59. The summed E-state index contributed by atoms with van der Waals surface area (Å²) < 4.78 is 5.40. The first-order chi connectivity index (χ1) is 8.85. The van der Waals surface area contributed by atoms with Crippen LogP contribution in [0, 0.1) is 0 Å². The van der Waals surface area contributed by atoms with Gasteiger partial charge in [-0.25, -0.2) is 0 Å². The van der Waals surface area contributed by atoms with Crippen LogP contribution in [0.5, 0.6) is 0 Å². The van der Waals surface area contributed by atoms with Gasteiger partial charge in [-0.2, -0.15) is 4.98 Å². The molecule has 0 aliphatic rings. The van der Waals surface area contributed by atoms with Crippen LogP contribution in [-0.4, -0.2) is 15.1 Å². The van der Waals surface area contributed by atoms with E-state index >= 15 is 0 Å². The Kier molecular flexibility index (Phi) is 4.45. The third-order valence-corrected chi connectivity index (χ3v) is 2.98. The molecule has 0 atom stereocenters. The highest BCUT2D eigenvalue weighted by Crippen LogP contribution is 2.26. The standard InChI is InChI=1S/C14H19N3O/c1-3-6-11(7-4-2)14-16-13(17-18-14)12-8-5-9-15-10-12/h5,8-11H,3-4,6-7H2,1-2H3. The molecular formula is C14H19N3O. The minimum absolute atomic E-state index is 0.387. The topological polar surface area (TPSA) is 51.8 Å². The van der Waals surface area contributed by atoms with Crippen LogP contribution < -0.4 is 0 Å². The summed E-state index contributed by atoms with van der Waals surface area (Å²) in [4.78, 5) is 8.57. The largest absolute Gasteiger partial charge is 0.339 e. The molecule has 0 spiro atoms. The summed E-state index contributed by atoms with van der Waals surface area (Å²) in [6.45, 7) is 4.36. The van der Waals surface area contributed by atoms with Gasteiger partial charge in [0, 0.05) is 23.9 Å². The average molecular weight is 245 g/mol. The molecule has 0 N–H and O–H groups in total. The number of pyridine rings is 1. The van der Waals surface area contributed by atoms with Gasteiger partial charge in [0.05, 0.1) is 0 Å². The second-order valence-corrected chi connectivity index (χ2v) is 4.47. The molecule has 2 aromatic rings. The van der Waals surface area contributed by atoms with Gasteiger partial charge in [-0.3, -0.25) is 4.98 Å². The van der Waals surface area contributed by atoms with E-state index in [0.717, 1.165) is 37.1 Å². The quantitative estimate of drug-likeness (QED) is 0.776. The zero-order chi connectivity index (χ0) is 12.8. The highest BCUT2D eigenvalue weighted by Gasteiger charge is 2.18. The Hall–Kier alpha value is -1.71. The molecule has 0 aliphatic carbocycles. The van der Waals surface area contributed by atoms with Crippen molar-refractivity contribution in [2.45, 2.75) is 45.4 Å². The van der Waals surface area contributed by atoms with E-state index in [-0.39, 0.29) is 0 Å². The predicted molar refractivity (Wildman–Crippen MR) is 70.1 cm³/mol. The molecule has 0 fully saturated rings. The molecule has 4 heteroatoms. The minimum atomic E-state index is 0.387. The summed E-state index contributed by atoms with van der Waals surface area (Å²) in [5.41, 5.74) is 0.902. The maximum Gasteiger partial charge on any atom is 0.230 e. The Balaban J connectivity index is 2.18. The van der Waals surface area contributed by atoms with E-state index in [9.17, 15) is 0 Å². The van der Waals surface area contributed by atoms with Crippen molar-refractivity contribution >= 4 is 0 Å². The fraction of sp³-hybridized carbons (Fsp3) is 0.500. The van der Waals surface area contributed by atoms with Crippen LogP contribution in [0.3, 0.4) is 0 Å². The van der Waals surface area contributed by atoms with Gasteiger partial charge < -0.3 is 4.52 Å². The predicted octanol–water partition coefficient (Wildman–Crippen LogP) is 3.82. The maximum absolute atomic E-state index is 5.40. The average Bonchev–Trinajstić information content (AvgIpc) is 2.89. The normalized spacial score (nSPS) is 11.1. The van der Waals surface area contributed by atoms with Gasteiger partial charge in [-0.1, -0.05) is 31.8 Å². The summed E-state index contributed by atoms with van der Waals surface area (Å²) in [5.74, 6) is 1.78. The van der Waals surface area contributed by atoms with Crippen molar-refractivity contribution in [3.63, 3.8) is 0 Å². The monoisotopic (exact) mass is 245 g/mol. The van der Waals surface area contributed by atoms with Crippen molar-refractivity contribution in [2.75, 3.05) is 0 Å². The van der Waals surface area contributed by atoms with E-state index in [2.05, 4.69) is 29.0 Å². The Morgan fingerprint density at radius 1 is 1.22 bits per heavy atom. The van der Waals surface area contributed by atoms with Crippen molar-refractivity contribution in [3.8, 4) is 11.4 Å². The molecule has 0 saturated heterocycles. The van der Waals surface area contributed by atoms with Crippen LogP contribution in [0.4, 0.5) is 0 Å². The molecule has 2 heterocycles. The lowest BCUT2D eigenvalue weighted by atomic mass is 9.98. The maximum atomic E-state index is 5.40. The van der Waals surface area contributed by atoms with Gasteiger partial charge in [0.1, 0.15) is 0 Å². The molecule has 0 saturated carbocycles. The van der Waals surface area contributed by atoms with E-state index in [1.54, 1.807) is 12.4 Å². The van der Waals surface area contributed by atoms with Crippen molar-refractivity contribution in [2.24, 2.45) is 0 Å². The third-order valence-electron chi connectivity index (χ3n) is 2.98. The molecular weight excluding hydrogens is 226 g/mol. The highest BCUT2D eigenvalue weighted by atomic mass is 16.5. The zero-order valence-electron chi connectivity index (χ0n) is 11.0. The smallest absolute Gasteiger partial charge is 0.230 e. The summed E-state index contributed by atoms with van der Waals surface area (Å²) in [7, 11) is 0. The van der Waals surface area contributed by atoms with Gasteiger partial charge in [-0.15, -0.1) is 0 Å². The second-order valence-electron chi connectivity index (χ2n) is 4.47. The lowest BCUT2D eigenvalue weighted by molar-refractivity contribution is 0.337. The molecule has 2 aromatic heterocycles. The Morgan fingerprint density at radius 3 is 2.61 bits per heavy atom. The van der Waals surface area contributed by atoms with Gasteiger partial charge >= 0.3 is 0 Å². The molecule has 4 nitrogen and oxygen atoms in total. The zero-order valence-corrected chi connectivity index (χ0v) is 11.0. The summed E-state index contributed by atoms with van der Waals surface area (Å²) in [6.07, 6.45) is 7.96. The second kappa shape index (κ2) is 6.28. The lowest BCUT2D eigenvalue weighted by Gasteiger charge is -2.08. The third kappa shape index (κ3) is 2.94. The van der Waals surface area contributed by atoms with Crippen LogP contribution in [0.2, 0.25) is 0 Å². The molecule has 0 aromatic carbocycles. The summed E-state index contributed by atoms with van der Waals surface area (Å²) in [6, 6.07) is 3.82. The van der Waals surface area contributed by atoms with Gasteiger partial charge in [0.25, 0.3) is 0 Å². The van der Waals surface area contributed by atoms with Crippen LogP contribution in [0.15, 0.2) is 29.0 Å². The Morgan fingerprint density at radius 2 is 2.00 bits per heavy atom. The van der Waals surface area contributed by atoms with Crippen LogP contribution in [-0.2, 0) is 0 Å². The van der Waals surface area contributed by atoms with Crippen molar-refractivity contribution < 1.29 is 4.52 Å². The van der Waals surface area contributed by atoms with Gasteiger partial charge in [-0.05, 0) is 25.0 Å². The lowest BCUT2D eigenvalue weighted by Crippen LogP contribution is -1.98. The molecule has 0 bridgehead atoms. The van der Waals surface area contributed by atoms with E-state index in [0.29, 0.717) is 11.7 Å². The number of rotatable bonds is 6. The molecule has 0 aliphatic heterocycles. The van der Waals surface area contributed by atoms with E-state index < -0.39 is 0 Å².